The summed E-state index contributed by atoms with van der Waals surface area (Å²) in [5, 5.41) is 32.6. The van der Waals surface area contributed by atoms with Crippen LogP contribution in [0.1, 0.15) is 11.9 Å². The first-order chi connectivity index (χ1) is 15.0. The van der Waals surface area contributed by atoms with Gasteiger partial charge in [0.2, 0.25) is 0 Å². The zero-order valence-electron chi connectivity index (χ0n) is 16.4. The summed E-state index contributed by atoms with van der Waals surface area (Å²) in [7, 11) is 0. The zero-order chi connectivity index (χ0) is 22.0. The van der Waals surface area contributed by atoms with Gasteiger partial charge in [0.25, 0.3) is 5.56 Å². The van der Waals surface area contributed by atoms with Crippen molar-refractivity contribution in [3.63, 3.8) is 0 Å². The van der Waals surface area contributed by atoms with E-state index >= 15 is 0 Å². The summed E-state index contributed by atoms with van der Waals surface area (Å²) >= 11 is 0. The minimum absolute atomic E-state index is 0.0996. The maximum atomic E-state index is 13.0. The van der Waals surface area contributed by atoms with Crippen LogP contribution < -0.4 is 16.6 Å². The molecule has 2 aromatic heterocycles. The van der Waals surface area contributed by atoms with Crippen LogP contribution in [0.5, 0.6) is 0 Å². The van der Waals surface area contributed by atoms with Gasteiger partial charge in [-0.1, -0.05) is 18.2 Å². The second kappa shape index (κ2) is 8.82. The maximum Gasteiger partial charge on any atom is 0.333 e. The Morgan fingerprint density at radius 1 is 1.03 bits per heavy atom. The van der Waals surface area contributed by atoms with Crippen molar-refractivity contribution < 1.29 is 20.1 Å². The van der Waals surface area contributed by atoms with Gasteiger partial charge in [-0.2, -0.15) is 0 Å². The number of para-hydroxylation sites is 1. The van der Waals surface area contributed by atoms with Gasteiger partial charge < -0.3 is 25.4 Å². The van der Waals surface area contributed by atoms with Crippen molar-refractivity contribution >= 4 is 11.4 Å². The number of hydrogen-bond acceptors (Lipinski definition) is 8. The number of rotatable bonds is 6. The van der Waals surface area contributed by atoms with Gasteiger partial charge in [0.1, 0.15) is 18.3 Å². The molecule has 0 amide bonds. The minimum atomic E-state index is -1.43. The van der Waals surface area contributed by atoms with E-state index in [1.165, 1.54) is 12.3 Å². The van der Waals surface area contributed by atoms with Crippen molar-refractivity contribution in [3.8, 4) is 0 Å². The number of nitrogens with one attached hydrogen (secondary N) is 1. The summed E-state index contributed by atoms with van der Waals surface area (Å²) in [5.41, 5.74) is 0.813. The van der Waals surface area contributed by atoms with Gasteiger partial charge in [0.05, 0.1) is 18.8 Å². The third-order valence-corrected chi connectivity index (χ3v) is 5.09. The molecular formula is C21H22N4O6. The molecule has 1 aliphatic heterocycles. The molecule has 3 heterocycles. The average Bonchev–Trinajstić information content (AvgIpc) is 3.06. The van der Waals surface area contributed by atoms with Crippen molar-refractivity contribution in [2.24, 2.45) is 0 Å². The van der Waals surface area contributed by atoms with Gasteiger partial charge in [-0.25, -0.2) is 4.79 Å². The molecule has 1 aliphatic rings. The van der Waals surface area contributed by atoms with Crippen molar-refractivity contribution in [3.05, 3.63) is 87.5 Å². The van der Waals surface area contributed by atoms with E-state index < -0.39 is 42.4 Å². The zero-order valence-corrected chi connectivity index (χ0v) is 16.4. The van der Waals surface area contributed by atoms with Crippen LogP contribution in [0, 0.1) is 0 Å². The summed E-state index contributed by atoms with van der Waals surface area (Å²) in [4.78, 5) is 29.6. The molecule has 1 saturated heterocycles. The lowest BCUT2D eigenvalue weighted by Crippen LogP contribution is -2.43. The molecule has 0 saturated carbocycles. The Hall–Kier alpha value is -3.31. The summed E-state index contributed by atoms with van der Waals surface area (Å²) in [5.74, 6) is 0. The van der Waals surface area contributed by atoms with Crippen molar-refractivity contribution in [2.45, 2.75) is 31.1 Å². The standard InChI is InChI=1S/C21H22N4O6/c26-12-16-18(28)19(29)20(31-16)24-9-7-17(27)25(21(24)30)11-15-10-14(6-8-22-15)23-13-4-2-1-3-5-13/h1-10,16,18-20,26,28-29H,11-12H2,(H,22,23)/t16-,18?,19?,20-/m1/s1. The highest BCUT2D eigenvalue weighted by Gasteiger charge is 2.43. The molecule has 31 heavy (non-hydrogen) atoms. The van der Waals surface area contributed by atoms with Crippen LogP contribution in [0.15, 0.2) is 70.5 Å². The fourth-order valence-corrected chi connectivity index (χ4v) is 3.47. The molecule has 162 valence electrons. The van der Waals surface area contributed by atoms with Crippen LogP contribution in [-0.2, 0) is 11.3 Å². The lowest BCUT2D eigenvalue weighted by molar-refractivity contribution is -0.0555. The molecule has 0 spiro atoms. The number of ether oxygens (including phenoxy) is 1. The number of aliphatic hydroxyl groups excluding tert-OH is 3. The van der Waals surface area contributed by atoms with Crippen LogP contribution in [0.2, 0.25) is 0 Å². The van der Waals surface area contributed by atoms with Crippen molar-refractivity contribution in [2.75, 3.05) is 11.9 Å². The lowest BCUT2D eigenvalue weighted by atomic mass is 10.1. The van der Waals surface area contributed by atoms with Crippen molar-refractivity contribution in [1.82, 2.24) is 14.1 Å². The van der Waals surface area contributed by atoms with Gasteiger partial charge in [-0.3, -0.25) is 18.9 Å². The molecule has 4 atom stereocenters. The summed E-state index contributed by atoms with van der Waals surface area (Å²) in [6.07, 6.45) is -2.29. The van der Waals surface area contributed by atoms with E-state index in [1.807, 2.05) is 30.3 Å². The summed E-state index contributed by atoms with van der Waals surface area (Å²) in [6, 6.07) is 14.2. The number of benzene rings is 1. The molecule has 3 aromatic rings. The van der Waals surface area contributed by atoms with Gasteiger partial charge in [0, 0.05) is 29.8 Å². The fourth-order valence-electron chi connectivity index (χ4n) is 3.47. The predicted molar refractivity (Wildman–Crippen MR) is 111 cm³/mol. The third-order valence-electron chi connectivity index (χ3n) is 5.09. The van der Waals surface area contributed by atoms with Gasteiger partial charge in [-0.05, 0) is 24.3 Å². The minimum Gasteiger partial charge on any atom is -0.394 e. The number of hydrogen-bond donors (Lipinski definition) is 4. The lowest BCUT2D eigenvalue weighted by Gasteiger charge is -2.18. The Balaban J connectivity index is 1.61. The Bertz CT molecular complexity index is 1160. The largest absolute Gasteiger partial charge is 0.394 e. The third kappa shape index (κ3) is 4.28. The molecular weight excluding hydrogens is 404 g/mol. The smallest absolute Gasteiger partial charge is 0.333 e. The normalized spacial score (nSPS) is 23.1. The number of nitrogens with zero attached hydrogens (tertiary/aromatic N) is 3. The van der Waals surface area contributed by atoms with E-state index in [2.05, 4.69) is 10.3 Å². The highest BCUT2D eigenvalue weighted by atomic mass is 16.6. The molecule has 0 radical (unpaired) electrons. The average molecular weight is 426 g/mol. The highest BCUT2D eigenvalue weighted by molar-refractivity contribution is 5.59. The van der Waals surface area contributed by atoms with E-state index in [9.17, 15) is 24.9 Å². The number of aromatic nitrogens is 3. The first-order valence-electron chi connectivity index (χ1n) is 9.69. The van der Waals surface area contributed by atoms with Crippen LogP contribution >= 0.6 is 0 Å². The van der Waals surface area contributed by atoms with Gasteiger partial charge in [-0.15, -0.1) is 0 Å². The maximum absolute atomic E-state index is 13.0. The topological polar surface area (TPSA) is 139 Å². The van der Waals surface area contributed by atoms with Gasteiger partial charge >= 0.3 is 5.69 Å². The Morgan fingerprint density at radius 2 is 1.81 bits per heavy atom. The number of pyridine rings is 1. The van der Waals surface area contributed by atoms with Crippen LogP contribution in [-0.4, -0.2) is 54.4 Å². The van der Waals surface area contributed by atoms with E-state index in [0.717, 1.165) is 20.5 Å². The van der Waals surface area contributed by atoms with Crippen LogP contribution in [0.3, 0.4) is 0 Å². The van der Waals surface area contributed by atoms with E-state index in [-0.39, 0.29) is 6.54 Å². The number of aliphatic hydroxyl groups is 3. The predicted octanol–water partition coefficient (Wildman–Crippen LogP) is -0.192. The molecule has 0 aliphatic carbocycles. The van der Waals surface area contributed by atoms with E-state index in [4.69, 9.17) is 4.74 Å². The molecule has 4 rings (SSSR count). The quantitative estimate of drug-likeness (QED) is 0.425. The molecule has 10 heteroatoms. The molecule has 10 nitrogen and oxygen atoms in total. The fraction of sp³-hybridized carbons (Fsp3) is 0.286. The van der Waals surface area contributed by atoms with E-state index in [0.29, 0.717) is 5.69 Å². The molecule has 1 aromatic carbocycles. The first-order valence-corrected chi connectivity index (χ1v) is 9.69. The van der Waals surface area contributed by atoms with Crippen LogP contribution in [0.25, 0.3) is 0 Å². The Morgan fingerprint density at radius 3 is 2.52 bits per heavy atom. The SMILES string of the molecule is O=c1ccn([C@@H]2O[C@H](CO)C(O)C2O)c(=O)n1Cc1cc(Nc2ccccc2)ccn1. The Labute approximate surface area is 176 Å². The second-order valence-corrected chi connectivity index (χ2v) is 7.19. The van der Waals surface area contributed by atoms with Crippen molar-refractivity contribution in [1.29, 1.82) is 0 Å². The van der Waals surface area contributed by atoms with Crippen LogP contribution in [0.4, 0.5) is 11.4 Å². The van der Waals surface area contributed by atoms with E-state index in [1.54, 1.807) is 18.3 Å². The number of anilines is 2. The highest BCUT2D eigenvalue weighted by Crippen LogP contribution is 2.27. The molecule has 1 fully saturated rings. The monoisotopic (exact) mass is 426 g/mol. The summed E-state index contributed by atoms with van der Waals surface area (Å²) < 4.78 is 7.39. The summed E-state index contributed by atoms with van der Waals surface area (Å²) in [6.45, 7) is -0.619. The second-order valence-electron chi connectivity index (χ2n) is 7.19. The molecule has 4 N–H and O–H groups in total. The Kier molecular flexibility index (Phi) is 5.96. The molecule has 2 unspecified atom stereocenters. The first kappa shape index (κ1) is 20.9. The molecule has 0 bridgehead atoms. The van der Waals surface area contributed by atoms with Gasteiger partial charge in [0.15, 0.2) is 6.23 Å².